The summed E-state index contributed by atoms with van der Waals surface area (Å²) in [5.41, 5.74) is 0. The number of nitrogens with zero attached hydrogens (tertiary/aromatic N) is 1. The minimum Gasteiger partial charge on any atom is -0.459 e. The first-order chi connectivity index (χ1) is 12.6. The number of carbonyl (C=O) groups excluding carboxylic acids is 1. The molecule has 0 unspecified atom stereocenters. The van der Waals surface area contributed by atoms with Crippen LogP contribution in [0.2, 0.25) is 0 Å². The molecule has 2 heterocycles. The van der Waals surface area contributed by atoms with Gasteiger partial charge in [-0.1, -0.05) is 33.1 Å². The number of aliphatic hydroxyl groups excluding tert-OH is 1. The molecule has 0 spiro atoms. The third-order valence-corrected chi connectivity index (χ3v) is 5.58. The van der Waals surface area contributed by atoms with Crippen LogP contribution < -0.4 is 0 Å². The molecule has 1 saturated heterocycles. The largest absolute Gasteiger partial charge is 0.459 e. The van der Waals surface area contributed by atoms with Gasteiger partial charge in [0.25, 0.3) is 5.91 Å². The molecule has 150 valence electrons. The van der Waals surface area contributed by atoms with E-state index in [1.807, 2.05) is 17.9 Å². The molecule has 3 atom stereocenters. The Balaban J connectivity index is 2.18. The SMILES string of the molecule is CCO[C@H]1OC(C(=O)N2CCCCCCC2)=C[C@@H](C(C)C)[C@H]1CCCO. The molecule has 5 nitrogen and oxygen atoms in total. The average Bonchev–Trinajstić information content (AvgIpc) is 2.59. The van der Waals surface area contributed by atoms with Gasteiger partial charge in [-0.2, -0.15) is 0 Å². The number of hydrogen-bond donors (Lipinski definition) is 1. The van der Waals surface area contributed by atoms with E-state index in [0.717, 1.165) is 38.8 Å². The highest BCUT2D eigenvalue weighted by atomic mass is 16.7. The zero-order valence-corrected chi connectivity index (χ0v) is 16.8. The van der Waals surface area contributed by atoms with Gasteiger partial charge in [0.05, 0.1) is 0 Å². The monoisotopic (exact) mass is 367 g/mol. The second-order valence-electron chi connectivity index (χ2n) is 7.88. The molecule has 0 radical (unpaired) electrons. The maximum Gasteiger partial charge on any atom is 0.288 e. The number of hydrogen-bond acceptors (Lipinski definition) is 4. The molecule has 0 aromatic rings. The first kappa shape index (κ1) is 21.2. The van der Waals surface area contributed by atoms with Gasteiger partial charge >= 0.3 is 0 Å². The van der Waals surface area contributed by atoms with Gasteiger partial charge in [0, 0.05) is 32.2 Å². The Bertz CT molecular complexity index is 455. The minimum atomic E-state index is -0.405. The van der Waals surface area contributed by atoms with Gasteiger partial charge in [-0.15, -0.1) is 0 Å². The van der Waals surface area contributed by atoms with E-state index in [2.05, 4.69) is 13.8 Å². The highest BCUT2D eigenvalue weighted by Gasteiger charge is 2.39. The first-order valence-corrected chi connectivity index (χ1v) is 10.5. The van der Waals surface area contributed by atoms with E-state index in [1.165, 1.54) is 19.3 Å². The molecule has 2 aliphatic heterocycles. The number of carbonyl (C=O) groups is 1. The lowest BCUT2D eigenvalue weighted by Crippen LogP contribution is -2.43. The second-order valence-corrected chi connectivity index (χ2v) is 7.88. The van der Waals surface area contributed by atoms with Crippen LogP contribution in [-0.2, 0) is 14.3 Å². The first-order valence-electron chi connectivity index (χ1n) is 10.5. The van der Waals surface area contributed by atoms with E-state index < -0.39 is 6.29 Å². The topological polar surface area (TPSA) is 59.0 Å². The maximum absolute atomic E-state index is 13.1. The predicted octanol–water partition coefficient (Wildman–Crippen LogP) is 3.72. The van der Waals surface area contributed by atoms with E-state index in [4.69, 9.17) is 9.47 Å². The number of amides is 1. The van der Waals surface area contributed by atoms with Crippen molar-refractivity contribution in [1.29, 1.82) is 0 Å². The summed E-state index contributed by atoms with van der Waals surface area (Å²) < 4.78 is 11.9. The molecular weight excluding hydrogens is 330 g/mol. The fraction of sp³-hybridized carbons (Fsp3) is 0.857. The Kier molecular flexibility index (Phi) is 8.93. The number of aliphatic hydroxyl groups is 1. The summed E-state index contributed by atoms with van der Waals surface area (Å²) in [4.78, 5) is 15.1. The van der Waals surface area contributed by atoms with Crippen LogP contribution in [0.15, 0.2) is 11.8 Å². The Morgan fingerprint density at radius 1 is 1.27 bits per heavy atom. The van der Waals surface area contributed by atoms with Crippen LogP contribution in [0.5, 0.6) is 0 Å². The fourth-order valence-corrected chi connectivity index (χ4v) is 4.12. The highest BCUT2D eigenvalue weighted by molar-refractivity contribution is 5.91. The van der Waals surface area contributed by atoms with Crippen LogP contribution in [0.3, 0.4) is 0 Å². The molecule has 1 fully saturated rings. The van der Waals surface area contributed by atoms with Crippen LogP contribution in [0.25, 0.3) is 0 Å². The van der Waals surface area contributed by atoms with Crippen molar-refractivity contribution in [2.24, 2.45) is 17.8 Å². The fourth-order valence-electron chi connectivity index (χ4n) is 4.12. The van der Waals surface area contributed by atoms with Gasteiger partial charge in [0.1, 0.15) is 0 Å². The Hall–Kier alpha value is -1.07. The van der Waals surface area contributed by atoms with Crippen molar-refractivity contribution in [3.8, 4) is 0 Å². The van der Waals surface area contributed by atoms with Crippen LogP contribution in [-0.4, -0.2) is 48.5 Å². The molecule has 0 saturated carbocycles. The zero-order chi connectivity index (χ0) is 18.9. The third kappa shape index (κ3) is 5.71. The molecule has 1 amide bonds. The number of ether oxygens (including phenoxy) is 2. The van der Waals surface area contributed by atoms with Gasteiger partial charge in [0.15, 0.2) is 5.76 Å². The van der Waals surface area contributed by atoms with Crippen molar-refractivity contribution in [1.82, 2.24) is 4.90 Å². The van der Waals surface area contributed by atoms with Crippen molar-refractivity contribution in [2.75, 3.05) is 26.3 Å². The molecule has 5 heteroatoms. The molecule has 0 aromatic heterocycles. The summed E-state index contributed by atoms with van der Waals surface area (Å²) in [7, 11) is 0. The lowest BCUT2D eigenvalue weighted by molar-refractivity contribution is -0.178. The molecule has 0 aromatic carbocycles. The van der Waals surface area contributed by atoms with Crippen molar-refractivity contribution in [2.45, 2.75) is 72.0 Å². The van der Waals surface area contributed by atoms with Gasteiger partial charge in [-0.05, 0) is 50.5 Å². The third-order valence-electron chi connectivity index (χ3n) is 5.58. The Morgan fingerprint density at radius 3 is 2.50 bits per heavy atom. The normalized spacial score (nSPS) is 27.5. The molecular formula is C21H37NO4. The molecule has 1 N–H and O–H groups in total. The standard InChI is InChI=1S/C21H37NO4/c1-4-25-21-17(11-10-14-23)18(16(2)3)15-19(26-21)20(24)22-12-8-6-5-7-9-13-22/h15-18,21,23H,4-14H2,1-3H3/t17-,18+,21+/m1/s1. The summed E-state index contributed by atoms with van der Waals surface area (Å²) in [5.74, 6) is 1.26. The lowest BCUT2D eigenvalue weighted by Gasteiger charge is -2.39. The van der Waals surface area contributed by atoms with Gasteiger partial charge in [-0.25, -0.2) is 0 Å². The van der Waals surface area contributed by atoms with E-state index >= 15 is 0 Å². The second kappa shape index (κ2) is 10.9. The smallest absolute Gasteiger partial charge is 0.288 e. The molecule has 26 heavy (non-hydrogen) atoms. The maximum atomic E-state index is 13.1. The van der Waals surface area contributed by atoms with Crippen LogP contribution in [0, 0.1) is 17.8 Å². The quantitative estimate of drug-likeness (QED) is 0.745. The zero-order valence-electron chi connectivity index (χ0n) is 16.8. The van der Waals surface area contributed by atoms with Crippen molar-refractivity contribution >= 4 is 5.91 Å². The van der Waals surface area contributed by atoms with Crippen molar-refractivity contribution in [3.63, 3.8) is 0 Å². The number of rotatable bonds is 7. The van der Waals surface area contributed by atoms with Crippen molar-refractivity contribution < 1.29 is 19.4 Å². The van der Waals surface area contributed by atoms with E-state index in [9.17, 15) is 9.90 Å². The summed E-state index contributed by atoms with van der Waals surface area (Å²) >= 11 is 0. The summed E-state index contributed by atoms with van der Waals surface area (Å²) in [5, 5.41) is 9.24. The number of allylic oxidation sites excluding steroid dienone is 1. The molecule has 0 aliphatic carbocycles. The summed E-state index contributed by atoms with van der Waals surface area (Å²) in [6, 6.07) is 0. The van der Waals surface area contributed by atoms with E-state index in [-0.39, 0.29) is 24.3 Å². The Morgan fingerprint density at radius 2 is 1.92 bits per heavy atom. The number of likely N-dealkylation sites (tertiary alicyclic amines) is 1. The lowest BCUT2D eigenvalue weighted by atomic mass is 9.78. The van der Waals surface area contributed by atoms with E-state index in [0.29, 0.717) is 18.3 Å². The van der Waals surface area contributed by atoms with Gasteiger partial charge in [0.2, 0.25) is 6.29 Å². The predicted molar refractivity (Wildman–Crippen MR) is 102 cm³/mol. The van der Waals surface area contributed by atoms with E-state index in [1.54, 1.807) is 0 Å². The highest BCUT2D eigenvalue weighted by Crippen LogP contribution is 2.37. The van der Waals surface area contributed by atoms with Gasteiger partial charge < -0.3 is 19.5 Å². The van der Waals surface area contributed by atoms with Crippen molar-refractivity contribution in [3.05, 3.63) is 11.8 Å². The van der Waals surface area contributed by atoms with Crippen LogP contribution in [0.1, 0.15) is 65.7 Å². The molecule has 0 bridgehead atoms. The van der Waals surface area contributed by atoms with Gasteiger partial charge in [-0.3, -0.25) is 4.79 Å². The molecule has 2 aliphatic rings. The van der Waals surface area contributed by atoms with Crippen LogP contribution in [0.4, 0.5) is 0 Å². The summed E-state index contributed by atoms with van der Waals surface area (Å²) in [6.07, 6.45) is 9.00. The van der Waals surface area contributed by atoms with Crippen LogP contribution >= 0.6 is 0 Å². The Labute approximate surface area is 158 Å². The minimum absolute atomic E-state index is 0.0165. The molecule has 2 rings (SSSR count). The average molecular weight is 368 g/mol. The summed E-state index contributed by atoms with van der Waals surface area (Å²) in [6.45, 7) is 8.67.